The number of aromatic nitrogens is 4. The summed E-state index contributed by atoms with van der Waals surface area (Å²) in [4.78, 5) is 8.92. The Bertz CT molecular complexity index is 711. The fourth-order valence-corrected chi connectivity index (χ4v) is 2.11. The summed E-state index contributed by atoms with van der Waals surface area (Å²) in [6.07, 6.45) is 4.62. The van der Waals surface area contributed by atoms with Gasteiger partial charge in [-0.05, 0) is 5.56 Å². The standard InChI is InChI=1S/C16H17N5/c1-3-14-19-15(17-2)9-16(20-14)21-11-13(10-18-21)12-7-5-4-6-8-12/h4-11H,3H2,1-2H3,(H,17,19,20). The number of aryl methyl sites for hydroxylation is 1. The Balaban J connectivity index is 2.00. The molecule has 0 spiro atoms. The number of rotatable bonds is 4. The van der Waals surface area contributed by atoms with Gasteiger partial charge in [-0.15, -0.1) is 0 Å². The van der Waals surface area contributed by atoms with Crippen LogP contribution in [0.4, 0.5) is 5.82 Å². The third-order valence-corrected chi connectivity index (χ3v) is 3.26. The van der Waals surface area contributed by atoms with E-state index >= 15 is 0 Å². The summed E-state index contributed by atoms with van der Waals surface area (Å²) in [5.74, 6) is 2.37. The average Bonchev–Trinajstić information content (AvgIpc) is 3.05. The first-order valence-electron chi connectivity index (χ1n) is 6.96. The topological polar surface area (TPSA) is 55.6 Å². The first kappa shape index (κ1) is 13.3. The van der Waals surface area contributed by atoms with E-state index in [1.807, 2.05) is 50.6 Å². The fourth-order valence-electron chi connectivity index (χ4n) is 2.11. The first-order valence-corrected chi connectivity index (χ1v) is 6.96. The van der Waals surface area contributed by atoms with Crippen LogP contribution in [0, 0.1) is 0 Å². The van der Waals surface area contributed by atoms with Crippen molar-refractivity contribution in [1.82, 2.24) is 19.7 Å². The summed E-state index contributed by atoms with van der Waals surface area (Å²) in [7, 11) is 1.85. The van der Waals surface area contributed by atoms with Crippen molar-refractivity contribution in [1.29, 1.82) is 0 Å². The summed E-state index contributed by atoms with van der Waals surface area (Å²) >= 11 is 0. The minimum Gasteiger partial charge on any atom is -0.373 e. The van der Waals surface area contributed by atoms with Crippen molar-refractivity contribution < 1.29 is 0 Å². The van der Waals surface area contributed by atoms with E-state index in [0.29, 0.717) is 0 Å². The lowest BCUT2D eigenvalue weighted by molar-refractivity contribution is 0.814. The molecule has 5 nitrogen and oxygen atoms in total. The predicted molar refractivity (Wildman–Crippen MR) is 83.5 cm³/mol. The third kappa shape index (κ3) is 2.76. The molecular formula is C16H17N5. The van der Waals surface area contributed by atoms with Crippen molar-refractivity contribution in [3.05, 3.63) is 54.6 Å². The van der Waals surface area contributed by atoms with Crippen LogP contribution in [0.2, 0.25) is 0 Å². The molecule has 0 saturated carbocycles. The summed E-state index contributed by atoms with van der Waals surface area (Å²) in [6.45, 7) is 2.04. The second-order valence-electron chi connectivity index (χ2n) is 4.67. The van der Waals surface area contributed by atoms with Gasteiger partial charge in [-0.25, -0.2) is 14.6 Å². The third-order valence-electron chi connectivity index (χ3n) is 3.26. The van der Waals surface area contributed by atoms with Gasteiger partial charge in [0.25, 0.3) is 0 Å². The first-order chi connectivity index (χ1) is 10.3. The quantitative estimate of drug-likeness (QED) is 0.797. The highest BCUT2D eigenvalue weighted by molar-refractivity contribution is 5.61. The van der Waals surface area contributed by atoms with Gasteiger partial charge < -0.3 is 5.32 Å². The minimum absolute atomic E-state index is 0.772. The Morgan fingerprint density at radius 3 is 2.62 bits per heavy atom. The van der Waals surface area contributed by atoms with Crippen molar-refractivity contribution in [2.75, 3.05) is 12.4 Å². The molecule has 106 valence electrons. The van der Waals surface area contributed by atoms with Crippen LogP contribution in [0.1, 0.15) is 12.7 Å². The lowest BCUT2D eigenvalue weighted by Crippen LogP contribution is -2.05. The molecule has 1 aromatic carbocycles. The molecule has 2 heterocycles. The van der Waals surface area contributed by atoms with E-state index in [1.54, 1.807) is 4.68 Å². The molecule has 3 rings (SSSR count). The molecule has 21 heavy (non-hydrogen) atoms. The second kappa shape index (κ2) is 5.75. The SMILES string of the molecule is CCc1nc(NC)cc(-n2cc(-c3ccccc3)cn2)n1. The monoisotopic (exact) mass is 279 g/mol. The van der Waals surface area contributed by atoms with Gasteiger partial charge in [-0.3, -0.25) is 0 Å². The number of nitrogens with zero attached hydrogens (tertiary/aromatic N) is 4. The van der Waals surface area contributed by atoms with Gasteiger partial charge in [0.15, 0.2) is 5.82 Å². The molecule has 0 aliphatic carbocycles. The minimum atomic E-state index is 0.772. The number of hydrogen-bond donors (Lipinski definition) is 1. The van der Waals surface area contributed by atoms with E-state index in [2.05, 4.69) is 32.5 Å². The summed E-state index contributed by atoms with van der Waals surface area (Å²) in [5.41, 5.74) is 2.21. The predicted octanol–water partition coefficient (Wildman–Crippen LogP) is 2.93. The van der Waals surface area contributed by atoms with Gasteiger partial charge in [0.1, 0.15) is 11.6 Å². The van der Waals surface area contributed by atoms with E-state index in [1.165, 1.54) is 0 Å². The van der Waals surface area contributed by atoms with Crippen LogP contribution in [0.25, 0.3) is 16.9 Å². The maximum atomic E-state index is 4.53. The fraction of sp³-hybridized carbons (Fsp3) is 0.188. The lowest BCUT2D eigenvalue weighted by atomic mass is 10.1. The number of anilines is 1. The molecule has 0 fully saturated rings. The van der Waals surface area contributed by atoms with Gasteiger partial charge in [0.2, 0.25) is 0 Å². The normalized spacial score (nSPS) is 10.6. The number of hydrogen-bond acceptors (Lipinski definition) is 4. The highest BCUT2D eigenvalue weighted by atomic mass is 15.3. The van der Waals surface area contributed by atoms with Crippen LogP contribution in [0.3, 0.4) is 0 Å². The maximum absolute atomic E-state index is 4.53. The molecule has 0 radical (unpaired) electrons. The highest BCUT2D eigenvalue weighted by Gasteiger charge is 2.07. The zero-order valence-corrected chi connectivity index (χ0v) is 12.1. The molecule has 2 aromatic heterocycles. The zero-order chi connectivity index (χ0) is 14.7. The van der Waals surface area contributed by atoms with Crippen LogP contribution in [0.5, 0.6) is 0 Å². The Labute approximate surface area is 123 Å². The second-order valence-corrected chi connectivity index (χ2v) is 4.67. The molecule has 0 saturated heterocycles. The molecular weight excluding hydrogens is 262 g/mol. The average molecular weight is 279 g/mol. The van der Waals surface area contributed by atoms with Gasteiger partial charge in [0.05, 0.1) is 6.20 Å². The molecule has 0 bridgehead atoms. The van der Waals surface area contributed by atoms with Crippen LogP contribution in [0.15, 0.2) is 48.8 Å². The molecule has 3 aromatic rings. The van der Waals surface area contributed by atoms with Gasteiger partial charge in [-0.2, -0.15) is 5.10 Å². The Morgan fingerprint density at radius 2 is 1.90 bits per heavy atom. The molecule has 0 atom stereocenters. The molecule has 1 N–H and O–H groups in total. The maximum Gasteiger partial charge on any atom is 0.159 e. The number of nitrogens with one attached hydrogen (secondary N) is 1. The van der Waals surface area contributed by atoms with Crippen molar-refractivity contribution in [2.24, 2.45) is 0 Å². The lowest BCUT2D eigenvalue weighted by Gasteiger charge is -2.06. The van der Waals surface area contributed by atoms with Crippen molar-refractivity contribution in [3.63, 3.8) is 0 Å². The zero-order valence-electron chi connectivity index (χ0n) is 12.1. The van der Waals surface area contributed by atoms with Crippen LogP contribution < -0.4 is 5.32 Å². The van der Waals surface area contributed by atoms with Crippen LogP contribution >= 0.6 is 0 Å². The molecule has 0 aliphatic heterocycles. The van der Waals surface area contributed by atoms with Crippen molar-refractivity contribution in [2.45, 2.75) is 13.3 Å². The van der Waals surface area contributed by atoms with Crippen LogP contribution in [-0.2, 0) is 6.42 Å². The largest absolute Gasteiger partial charge is 0.373 e. The van der Waals surface area contributed by atoms with Gasteiger partial charge >= 0.3 is 0 Å². The smallest absolute Gasteiger partial charge is 0.159 e. The summed E-state index contributed by atoms with van der Waals surface area (Å²) < 4.78 is 1.78. The Hall–Kier alpha value is -2.69. The Kier molecular flexibility index (Phi) is 3.64. The highest BCUT2D eigenvalue weighted by Crippen LogP contribution is 2.19. The molecule has 0 aliphatic rings. The van der Waals surface area contributed by atoms with E-state index in [0.717, 1.165) is 35.0 Å². The van der Waals surface area contributed by atoms with E-state index in [4.69, 9.17) is 0 Å². The van der Waals surface area contributed by atoms with Gasteiger partial charge in [-0.1, -0.05) is 37.3 Å². The molecule has 5 heteroatoms. The van der Waals surface area contributed by atoms with Crippen molar-refractivity contribution in [3.8, 4) is 16.9 Å². The van der Waals surface area contributed by atoms with Crippen LogP contribution in [-0.4, -0.2) is 26.8 Å². The van der Waals surface area contributed by atoms with E-state index in [9.17, 15) is 0 Å². The van der Waals surface area contributed by atoms with E-state index in [-0.39, 0.29) is 0 Å². The molecule has 0 amide bonds. The summed E-state index contributed by atoms with van der Waals surface area (Å²) in [6, 6.07) is 12.1. The number of benzene rings is 1. The molecule has 0 unspecified atom stereocenters. The van der Waals surface area contributed by atoms with E-state index < -0.39 is 0 Å². The van der Waals surface area contributed by atoms with Crippen molar-refractivity contribution >= 4 is 5.82 Å². The Morgan fingerprint density at radius 1 is 1.10 bits per heavy atom. The van der Waals surface area contributed by atoms with Gasteiger partial charge in [0, 0.05) is 31.3 Å². The summed E-state index contributed by atoms with van der Waals surface area (Å²) in [5, 5.41) is 7.47.